The first-order valence-corrected chi connectivity index (χ1v) is 9.40. The van der Waals surface area contributed by atoms with Gasteiger partial charge in [-0.3, -0.25) is 4.79 Å². The Kier molecular flexibility index (Phi) is 4.96. The van der Waals surface area contributed by atoms with Crippen molar-refractivity contribution in [2.45, 2.75) is 6.61 Å². The van der Waals surface area contributed by atoms with Gasteiger partial charge in [-0.25, -0.2) is 4.98 Å². The molecule has 27 heavy (non-hydrogen) atoms. The number of fused-ring (bicyclic) bond motifs is 1. The summed E-state index contributed by atoms with van der Waals surface area (Å²) in [6.45, 7) is 0.537. The number of methoxy groups -OCH3 is 1. The molecule has 0 aliphatic rings. The van der Waals surface area contributed by atoms with Gasteiger partial charge >= 0.3 is 0 Å². The van der Waals surface area contributed by atoms with Crippen LogP contribution in [0.25, 0.3) is 20.8 Å². The van der Waals surface area contributed by atoms with E-state index in [1.54, 1.807) is 30.6 Å². The zero-order valence-electron chi connectivity index (χ0n) is 14.8. The lowest BCUT2D eigenvalue weighted by Gasteiger charge is -2.07. The van der Waals surface area contributed by atoms with Crippen LogP contribution < -0.4 is 5.32 Å². The monoisotopic (exact) mass is 374 g/mol. The average Bonchev–Trinajstić information content (AvgIpc) is 3.13. The van der Waals surface area contributed by atoms with Crippen molar-refractivity contribution in [2.24, 2.45) is 0 Å². The maximum Gasteiger partial charge on any atom is 0.255 e. The number of aromatic nitrogens is 1. The highest BCUT2D eigenvalue weighted by Crippen LogP contribution is 2.30. The quantitative estimate of drug-likeness (QED) is 0.511. The molecule has 0 radical (unpaired) electrons. The zero-order valence-corrected chi connectivity index (χ0v) is 15.6. The van der Waals surface area contributed by atoms with Crippen molar-refractivity contribution in [1.29, 1.82) is 0 Å². The molecule has 4 nitrogen and oxygen atoms in total. The van der Waals surface area contributed by atoms with Gasteiger partial charge in [0.2, 0.25) is 0 Å². The molecule has 0 bridgehead atoms. The number of thiazole rings is 1. The third-order valence-electron chi connectivity index (χ3n) is 4.21. The van der Waals surface area contributed by atoms with E-state index in [2.05, 4.69) is 16.4 Å². The first-order valence-electron chi connectivity index (χ1n) is 8.58. The molecule has 1 heterocycles. The number of hydrogen-bond donors (Lipinski definition) is 1. The average molecular weight is 374 g/mol. The summed E-state index contributed by atoms with van der Waals surface area (Å²) in [7, 11) is 1.65. The summed E-state index contributed by atoms with van der Waals surface area (Å²) in [6, 6.07) is 23.3. The van der Waals surface area contributed by atoms with E-state index in [1.165, 1.54) is 4.70 Å². The highest BCUT2D eigenvalue weighted by atomic mass is 32.1. The number of nitrogens with one attached hydrogen (secondary N) is 1. The fourth-order valence-corrected chi connectivity index (χ4v) is 3.79. The smallest absolute Gasteiger partial charge is 0.255 e. The van der Waals surface area contributed by atoms with Gasteiger partial charge in [0.25, 0.3) is 5.91 Å². The van der Waals surface area contributed by atoms with Crippen LogP contribution >= 0.6 is 11.3 Å². The van der Waals surface area contributed by atoms with Crippen LogP contribution in [-0.2, 0) is 11.3 Å². The van der Waals surface area contributed by atoms with E-state index in [-0.39, 0.29) is 5.91 Å². The van der Waals surface area contributed by atoms with Gasteiger partial charge in [-0.05, 0) is 54.1 Å². The summed E-state index contributed by atoms with van der Waals surface area (Å²) in [5, 5.41) is 3.90. The number of anilines is 1. The van der Waals surface area contributed by atoms with Crippen LogP contribution in [0.15, 0.2) is 72.8 Å². The number of rotatable bonds is 5. The SMILES string of the molecule is COCc1ccc(C(=O)Nc2ccc(-c3nc4ccccc4s3)cc2)cc1. The van der Waals surface area contributed by atoms with Gasteiger partial charge in [-0.1, -0.05) is 24.3 Å². The van der Waals surface area contributed by atoms with Gasteiger partial charge in [0.1, 0.15) is 5.01 Å². The summed E-state index contributed by atoms with van der Waals surface area (Å²) in [5.41, 5.74) is 4.45. The van der Waals surface area contributed by atoms with Crippen molar-refractivity contribution >= 4 is 33.1 Å². The lowest BCUT2D eigenvalue weighted by atomic mass is 10.1. The van der Waals surface area contributed by atoms with Crippen molar-refractivity contribution in [3.05, 3.63) is 83.9 Å². The predicted octanol–water partition coefficient (Wildman–Crippen LogP) is 5.36. The lowest BCUT2D eigenvalue weighted by Crippen LogP contribution is -2.11. The molecular formula is C22H18N2O2S. The molecule has 5 heteroatoms. The molecule has 0 aliphatic heterocycles. The molecule has 0 atom stereocenters. The summed E-state index contributed by atoms with van der Waals surface area (Å²) < 4.78 is 6.25. The minimum atomic E-state index is -0.133. The number of amides is 1. The van der Waals surface area contributed by atoms with Gasteiger partial charge in [-0.2, -0.15) is 0 Å². The number of carbonyl (C=O) groups is 1. The molecule has 0 spiro atoms. The van der Waals surface area contributed by atoms with Crippen molar-refractivity contribution in [3.8, 4) is 10.6 Å². The van der Waals surface area contributed by atoms with E-state index in [0.29, 0.717) is 12.2 Å². The van der Waals surface area contributed by atoms with Crippen molar-refractivity contribution in [2.75, 3.05) is 12.4 Å². The topological polar surface area (TPSA) is 51.2 Å². The second-order valence-corrected chi connectivity index (χ2v) is 7.18. The first kappa shape index (κ1) is 17.4. The second-order valence-electron chi connectivity index (χ2n) is 6.15. The van der Waals surface area contributed by atoms with E-state index in [4.69, 9.17) is 4.74 Å². The summed E-state index contributed by atoms with van der Waals surface area (Å²) in [5.74, 6) is -0.133. The Balaban J connectivity index is 1.47. The molecule has 3 aromatic carbocycles. The van der Waals surface area contributed by atoms with Gasteiger partial charge in [0, 0.05) is 23.9 Å². The van der Waals surface area contributed by atoms with Gasteiger partial charge in [0.15, 0.2) is 0 Å². The van der Waals surface area contributed by atoms with Crippen LogP contribution in [0, 0.1) is 0 Å². The van der Waals surface area contributed by atoms with Gasteiger partial charge in [-0.15, -0.1) is 11.3 Å². The Hall–Kier alpha value is -3.02. The maximum atomic E-state index is 12.4. The summed E-state index contributed by atoms with van der Waals surface area (Å²) in [6.07, 6.45) is 0. The third kappa shape index (κ3) is 3.89. The number of para-hydroxylation sites is 1. The van der Waals surface area contributed by atoms with E-state index in [9.17, 15) is 4.79 Å². The number of nitrogens with zero attached hydrogens (tertiary/aromatic N) is 1. The van der Waals surface area contributed by atoms with Crippen molar-refractivity contribution in [3.63, 3.8) is 0 Å². The number of carbonyl (C=O) groups excluding carboxylic acids is 1. The third-order valence-corrected chi connectivity index (χ3v) is 5.30. The molecule has 0 fully saturated rings. The highest BCUT2D eigenvalue weighted by molar-refractivity contribution is 7.21. The minimum Gasteiger partial charge on any atom is -0.380 e. The van der Waals surface area contributed by atoms with Crippen LogP contribution in [0.3, 0.4) is 0 Å². The molecule has 0 saturated heterocycles. The van der Waals surface area contributed by atoms with E-state index >= 15 is 0 Å². The Morgan fingerprint density at radius 1 is 1.00 bits per heavy atom. The van der Waals surface area contributed by atoms with Crippen LogP contribution in [-0.4, -0.2) is 18.0 Å². The van der Waals surface area contributed by atoms with Crippen LogP contribution in [0.1, 0.15) is 15.9 Å². The molecule has 1 amide bonds. The van der Waals surface area contributed by atoms with Gasteiger partial charge < -0.3 is 10.1 Å². The number of benzene rings is 3. The molecule has 4 aromatic rings. The van der Waals surface area contributed by atoms with Crippen molar-refractivity contribution in [1.82, 2.24) is 4.98 Å². The van der Waals surface area contributed by atoms with E-state index in [0.717, 1.165) is 27.3 Å². The zero-order chi connectivity index (χ0) is 18.6. The molecule has 0 saturated carbocycles. The van der Waals surface area contributed by atoms with Crippen LogP contribution in [0.2, 0.25) is 0 Å². The fraction of sp³-hybridized carbons (Fsp3) is 0.0909. The van der Waals surface area contributed by atoms with Gasteiger partial charge in [0.05, 0.1) is 16.8 Å². The minimum absolute atomic E-state index is 0.133. The predicted molar refractivity (Wildman–Crippen MR) is 110 cm³/mol. The Bertz CT molecular complexity index is 1040. The normalized spacial score (nSPS) is 10.9. The maximum absolute atomic E-state index is 12.4. The first-order chi connectivity index (χ1) is 13.2. The highest BCUT2D eigenvalue weighted by Gasteiger charge is 2.08. The molecule has 1 N–H and O–H groups in total. The Morgan fingerprint density at radius 2 is 1.74 bits per heavy atom. The summed E-state index contributed by atoms with van der Waals surface area (Å²) >= 11 is 1.66. The molecule has 1 aromatic heterocycles. The van der Waals surface area contributed by atoms with E-state index in [1.807, 2.05) is 54.6 Å². The Morgan fingerprint density at radius 3 is 2.44 bits per heavy atom. The second kappa shape index (κ2) is 7.70. The molecule has 0 unspecified atom stereocenters. The van der Waals surface area contributed by atoms with E-state index < -0.39 is 0 Å². The Labute approximate surface area is 161 Å². The molecule has 4 rings (SSSR count). The fourth-order valence-electron chi connectivity index (χ4n) is 2.81. The largest absolute Gasteiger partial charge is 0.380 e. The summed E-state index contributed by atoms with van der Waals surface area (Å²) in [4.78, 5) is 17.1. The number of hydrogen-bond acceptors (Lipinski definition) is 4. The standard InChI is InChI=1S/C22H18N2O2S/c1-26-14-15-6-8-16(9-7-15)21(25)23-18-12-10-17(11-13-18)22-24-19-4-2-3-5-20(19)27-22/h2-13H,14H2,1H3,(H,23,25). The van der Waals surface area contributed by atoms with Crippen molar-refractivity contribution < 1.29 is 9.53 Å². The number of ether oxygens (including phenoxy) is 1. The molecular weight excluding hydrogens is 356 g/mol. The molecule has 134 valence electrons. The van der Waals surface area contributed by atoms with Crippen LogP contribution in [0.5, 0.6) is 0 Å². The molecule has 0 aliphatic carbocycles. The lowest BCUT2D eigenvalue weighted by molar-refractivity contribution is 0.102. The van der Waals surface area contributed by atoms with Crippen LogP contribution in [0.4, 0.5) is 5.69 Å².